The number of sulfonamides is 1. The first-order chi connectivity index (χ1) is 9.46. The van der Waals surface area contributed by atoms with Gasteiger partial charge in [0.25, 0.3) is 10.0 Å². The van der Waals surface area contributed by atoms with Gasteiger partial charge in [-0.25, -0.2) is 4.98 Å². The molecular weight excluding hydrogens is 342 g/mol. The fraction of sp³-hybridized carbons (Fsp3) is 0.308. The summed E-state index contributed by atoms with van der Waals surface area (Å²) in [5.41, 5.74) is 1.51. The number of hydrogen-bond donors (Lipinski definition) is 1. The molecule has 0 aliphatic carbocycles. The van der Waals surface area contributed by atoms with Crippen molar-refractivity contribution in [2.45, 2.75) is 31.8 Å². The van der Waals surface area contributed by atoms with Crippen molar-refractivity contribution in [2.75, 3.05) is 4.72 Å². The van der Waals surface area contributed by atoms with Gasteiger partial charge in [-0.05, 0) is 37.1 Å². The second-order valence-corrected chi connectivity index (χ2v) is 6.85. The Hall–Kier alpha value is -1.34. The second-order valence-electron chi connectivity index (χ2n) is 4.30. The van der Waals surface area contributed by atoms with Crippen LogP contribution in [0.4, 0.5) is 5.69 Å². The molecule has 0 aliphatic rings. The Bertz CT molecular complexity index is 710. The SMILES string of the molecule is CCc1cc(Br)ccc1NS(=O)(=O)c1cn(CC)cn1. The third kappa shape index (κ3) is 3.21. The molecule has 2 aromatic rings. The number of aromatic nitrogens is 2. The number of aryl methyl sites for hydroxylation is 2. The van der Waals surface area contributed by atoms with Crippen molar-refractivity contribution in [3.05, 3.63) is 40.8 Å². The Morgan fingerprint density at radius 1 is 1.35 bits per heavy atom. The Morgan fingerprint density at radius 3 is 2.70 bits per heavy atom. The number of rotatable bonds is 5. The lowest BCUT2D eigenvalue weighted by atomic mass is 10.1. The topological polar surface area (TPSA) is 64.0 Å². The van der Waals surface area contributed by atoms with Crippen LogP contribution in [0.25, 0.3) is 0 Å². The van der Waals surface area contributed by atoms with Crippen molar-refractivity contribution >= 4 is 31.6 Å². The van der Waals surface area contributed by atoms with E-state index in [0.29, 0.717) is 12.2 Å². The Balaban J connectivity index is 2.33. The van der Waals surface area contributed by atoms with Crippen molar-refractivity contribution in [1.82, 2.24) is 9.55 Å². The normalized spacial score (nSPS) is 11.6. The van der Waals surface area contributed by atoms with E-state index < -0.39 is 10.0 Å². The van der Waals surface area contributed by atoms with E-state index in [0.717, 1.165) is 16.5 Å². The monoisotopic (exact) mass is 357 g/mol. The van der Waals surface area contributed by atoms with Crippen molar-refractivity contribution in [3.63, 3.8) is 0 Å². The molecule has 0 saturated heterocycles. The third-order valence-electron chi connectivity index (χ3n) is 2.94. The third-order valence-corrected chi connectivity index (χ3v) is 4.69. The van der Waals surface area contributed by atoms with Crippen LogP contribution in [0.3, 0.4) is 0 Å². The maximum atomic E-state index is 12.3. The van der Waals surface area contributed by atoms with Crippen molar-refractivity contribution in [3.8, 4) is 0 Å². The highest BCUT2D eigenvalue weighted by Gasteiger charge is 2.18. The molecular formula is C13H16BrN3O2S. The van der Waals surface area contributed by atoms with Crippen LogP contribution >= 0.6 is 15.9 Å². The van der Waals surface area contributed by atoms with Crippen molar-refractivity contribution in [1.29, 1.82) is 0 Å². The van der Waals surface area contributed by atoms with Gasteiger partial charge in [0.05, 0.1) is 12.0 Å². The number of nitrogens with zero attached hydrogens (tertiary/aromatic N) is 2. The van der Waals surface area contributed by atoms with Gasteiger partial charge in [-0.3, -0.25) is 4.72 Å². The molecule has 0 atom stereocenters. The summed E-state index contributed by atoms with van der Waals surface area (Å²) in [6, 6.07) is 5.46. The first kappa shape index (κ1) is 15.1. The number of halogens is 1. The van der Waals surface area contributed by atoms with Crippen LogP contribution in [0.1, 0.15) is 19.4 Å². The Morgan fingerprint density at radius 2 is 2.10 bits per heavy atom. The molecule has 0 amide bonds. The van der Waals surface area contributed by atoms with Gasteiger partial charge in [0.15, 0.2) is 5.03 Å². The van der Waals surface area contributed by atoms with Crippen LogP contribution in [0.2, 0.25) is 0 Å². The molecule has 1 N–H and O–H groups in total. The van der Waals surface area contributed by atoms with E-state index >= 15 is 0 Å². The van der Waals surface area contributed by atoms with Crippen molar-refractivity contribution in [2.24, 2.45) is 0 Å². The maximum Gasteiger partial charge on any atom is 0.280 e. The summed E-state index contributed by atoms with van der Waals surface area (Å²) in [5, 5.41) is 0.0318. The minimum Gasteiger partial charge on any atom is -0.336 e. The highest BCUT2D eigenvalue weighted by atomic mass is 79.9. The molecule has 0 spiro atoms. The lowest BCUT2D eigenvalue weighted by Gasteiger charge is -2.10. The Kier molecular flexibility index (Phi) is 4.49. The van der Waals surface area contributed by atoms with Gasteiger partial charge < -0.3 is 4.57 Å². The molecule has 20 heavy (non-hydrogen) atoms. The maximum absolute atomic E-state index is 12.3. The molecule has 0 saturated carbocycles. The minimum absolute atomic E-state index is 0.0318. The zero-order valence-electron chi connectivity index (χ0n) is 11.3. The van der Waals surface area contributed by atoms with Crippen molar-refractivity contribution < 1.29 is 8.42 Å². The number of imidazole rings is 1. The summed E-state index contributed by atoms with van der Waals surface area (Å²) in [6.07, 6.45) is 3.77. The van der Waals surface area contributed by atoms with Gasteiger partial charge in [0, 0.05) is 17.2 Å². The zero-order chi connectivity index (χ0) is 14.8. The summed E-state index contributed by atoms with van der Waals surface area (Å²) in [7, 11) is -3.65. The number of nitrogens with one attached hydrogen (secondary N) is 1. The molecule has 0 bridgehead atoms. The molecule has 2 rings (SSSR count). The highest BCUT2D eigenvalue weighted by molar-refractivity contribution is 9.10. The van der Waals surface area contributed by atoms with E-state index in [-0.39, 0.29) is 5.03 Å². The standard InChI is InChI=1S/C13H16BrN3O2S/c1-3-10-7-11(14)5-6-12(10)16-20(18,19)13-8-17(4-2)9-15-13/h5-9,16H,3-4H2,1-2H3. The molecule has 0 unspecified atom stereocenters. The predicted molar refractivity (Wildman–Crippen MR) is 82.2 cm³/mol. The molecule has 108 valence electrons. The fourth-order valence-corrected chi connectivity index (χ4v) is 3.26. The lowest BCUT2D eigenvalue weighted by molar-refractivity contribution is 0.598. The predicted octanol–water partition coefficient (Wildman–Crippen LogP) is 3.03. The first-order valence-electron chi connectivity index (χ1n) is 6.29. The van der Waals surface area contributed by atoms with Gasteiger partial charge in [0.2, 0.25) is 0 Å². The summed E-state index contributed by atoms with van der Waals surface area (Å²) >= 11 is 3.38. The van der Waals surface area contributed by atoms with Gasteiger partial charge in [0.1, 0.15) is 0 Å². The molecule has 5 nitrogen and oxygen atoms in total. The van der Waals surface area contributed by atoms with Gasteiger partial charge in [-0.15, -0.1) is 0 Å². The second kappa shape index (κ2) is 5.97. The quantitative estimate of drug-likeness (QED) is 0.894. The van der Waals surface area contributed by atoms with Crippen LogP contribution in [-0.4, -0.2) is 18.0 Å². The average Bonchev–Trinajstić information content (AvgIpc) is 2.90. The van der Waals surface area contributed by atoms with Gasteiger partial charge in [-0.1, -0.05) is 22.9 Å². The van der Waals surface area contributed by atoms with E-state index in [9.17, 15) is 8.42 Å². The van der Waals surface area contributed by atoms with E-state index in [2.05, 4.69) is 25.6 Å². The van der Waals surface area contributed by atoms with E-state index in [1.807, 2.05) is 26.0 Å². The minimum atomic E-state index is -3.65. The smallest absolute Gasteiger partial charge is 0.280 e. The number of anilines is 1. The van der Waals surface area contributed by atoms with Crippen LogP contribution in [0.15, 0.2) is 40.2 Å². The molecule has 0 fully saturated rings. The molecule has 1 aromatic heterocycles. The van der Waals surface area contributed by atoms with E-state index in [4.69, 9.17) is 0 Å². The number of benzene rings is 1. The van der Waals surface area contributed by atoms with E-state index in [1.54, 1.807) is 10.6 Å². The van der Waals surface area contributed by atoms with Crippen LogP contribution in [-0.2, 0) is 23.0 Å². The summed E-state index contributed by atoms with van der Waals surface area (Å²) in [6.45, 7) is 4.59. The van der Waals surface area contributed by atoms with Crippen LogP contribution < -0.4 is 4.72 Å². The largest absolute Gasteiger partial charge is 0.336 e. The summed E-state index contributed by atoms with van der Waals surface area (Å²) in [5.74, 6) is 0. The Labute approximate surface area is 127 Å². The van der Waals surface area contributed by atoms with Crippen LogP contribution in [0.5, 0.6) is 0 Å². The zero-order valence-corrected chi connectivity index (χ0v) is 13.7. The molecule has 0 aliphatic heterocycles. The summed E-state index contributed by atoms with van der Waals surface area (Å²) < 4.78 is 29.8. The molecule has 1 aromatic carbocycles. The van der Waals surface area contributed by atoms with E-state index in [1.165, 1.54) is 12.5 Å². The molecule has 1 heterocycles. The highest BCUT2D eigenvalue weighted by Crippen LogP contribution is 2.23. The fourth-order valence-electron chi connectivity index (χ4n) is 1.80. The summed E-state index contributed by atoms with van der Waals surface area (Å²) in [4.78, 5) is 3.93. The molecule has 7 heteroatoms. The van der Waals surface area contributed by atoms with Crippen LogP contribution in [0, 0.1) is 0 Å². The van der Waals surface area contributed by atoms with Gasteiger partial charge >= 0.3 is 0 Å². The van der Waals surface area contributed by atoms with Gasteiger partial charge in [-0.2, -0.15) is 8.42 Å². The molecule has 0 radical (unpaired) electrons. The first-order valence-corrected chi connectivity index (χ1v) is 8.57. The average molecular weight is 358 g/mol. The number of hydrogen-bond acceptors (Lipinski definition) is 3. The lowest BCUT2D eigenvalue weighted by Crippen LogP contribution is -2.14.